The Labute approximate surface area is 103 Å². The van der Waals surface area contributed by atoms with Gasteiger partial charge >= 0.3 is 0 Å². The van der Waals surface area contributed by atoms with E-state index < -0.39 is 0 Å². The maximum Gasteiger partial charge on any atom is 0.151 e. The van der Waals surface area contributed by atoms with Crippen molar-refractivity contribution < 1.29 is 0 Å². The summed E-state index contributed by atoms with van der Waals surface area (Å²) in [6.07, 6.45) is 4.77. The topological polar surface area (TPSA) is 29.0 Å². The van der Waals surface area contributed by atoms with Crippen molar-refractivity contribution in [2.45, 2.75) is 39.5 Å². The second kappa shape index (κ2) is 7.44. The maximum absolute atomic E-state index is 5.73. The van der Waals surface area contributed by atoms with E-state index in [0.717, 1.165) is 18.9 Å². The Bertz CT molecular complexity index is 279. The Balaban J connectivity index is 2.62. The average Bonchev–Trinajstić information content (AvgIpc) is 2.31. The predicted molar refractivity (Wildman–Crippen MR) is 69.1 cm³/mol. The third kappa shape index (κ3) is 4.35. The van der Waals surface area contributed by atoms with E-state index >= 15 is 0 Å². The molecule has 0 aliphatic rings. The molecule has 90 valence electrons. The van der Waals surface area contributed by atoms with Crippen LogP contribution in [0.3, 0.4) is 0 Å². The van der Waals surface area contributed by atoms with Crippen LogP contribution in [0.4, 0.5) is 5.82 Å². The SMILES string of the molecule is CCCCN(CCCC)c1ccc(Cl)nn1. The standard InChI is InChI=1S/C12H20ClN3/c1-3-5-9-16(10-6-4-2)12-8-7-11(13)14-15-12/h7-8H,3-6,9-10H2,1-2H3. The Hall–Kier alpha value is -0.830. The molecule has 1 rings (SSSR count). The van der Waals surface area contributed by atoms with E-state index in [1.165, 1.54) is 25.7 Å². The highest BCUT2D eigenvalue weighted by Crippen LogP contribution is 2.13. The highest BCUT2D eigenvalue weighted by molar-refractivity contribution is 6.29. The van der Waals surface area contributed by atoms with Crippen LogP contribution in [0.15, 0.2) is 12.1 Å². The molecule has 0 saturated carbocycles. The lowest BCUT2D eigenvalue weighted by Crippen LogP contribution is -2.26. The second-order valence-electron chi connectivity index (χ2n) is 3.91. The first-order valence-corrected chi connectivity index (χ1v) is 6.40. The van der Waals surface area contributed by atoms with Gasteiger partial charge in [0.15, 0.2) is 11.0 Å². The van der Waals surface area contributed by atoms with Gasteiger partial charge in [-0.2, -0.15) is 0 Å². The van der Waals surface area contributed by atoms with Crippen LogP contribution in [0.5, 0.6) is 0 Å². The number of aromatic nitrogens is 2. The molecule has 16 heavy (non-hydrogen) atoms. The number of hydrogen-bond donors (Lipinski definition) is 0. The van der Waals surface area contributed by atoms with Crippen LogP contribution in [0.2, 0.25) is 5.15 Å². The average molecular weight is 242 g/mol. The van der Waals surface area contributed by atoms with Gasteiger partial charge in [0, 0.05) is 13.1 Å². The summed E-state index contributed by atoms with van der Waals surface area (Å²) in [7, 11) is 0. The van der Waals surface area contributed by atoms with Crippen LogP contribution < -0.4 is 4.90 Å². The molecule has 1 aromatic rings. The number of nitrogens with zero attached hydrogens (tertiary/aromatic N) is 3. The normalized spacial score (nSPS) is 10.4. The molecule has 0 aliphatic carbocycles. The number of anilines is 1. The van der Waals surface area contributed by atoms with Crippen molar-refractivity contribution in [3.8, 4) is 0 Å². The van der Waals surface area contributed by atoms with Crippen molar-refractivity contribution in [3.05, 3.63) is 17.3 Å². The Kier molecular flexibility index (Phi) is 6.16. The van der Waals surface area contributed by atoms with Crippen LogP contribution in [-0.2, 0) is 0 Å². The molecule has 0 atom stereocenters. The lowest BCUT2D eigenvalue weighted by molar-refractivity contribution is 0.667. The van der Waals surface area contributed by atoms with E-state index in [9.17, 15) is 0 Å². The summed E-state index contributed by atoms with van der Waals surface area (Å²) in [6.45, 7) is 6.50. The van der Waals surface area contributed by atoms with E-state index in [2.05, 4.69) is 28.9 Å². The molecule has 0 N–H and O–H groups in total. The first kappa shape index (κ1) is 13.2. The number of rotatable bonds is 7. The van der Waals surface area contributed by atoms with Gasteiger partial charge in [-0.05, 0) is 25.0 Å². The van der Waals surface area contributed by atoms with E-state index in [1.54, 1.807) is 6.07 Å². The van der Waals surface area contributed by atoms with E-state index in [1.807, 2.05) is 6.07 Å². The molecule has 0 spiro atoms. The molecule has 0 radical (unpaired) electrons. The molecule has 0 aliphatic heterocycles. The zero-order valence-corrected chi connectivity index (χ0v) is 10.9. The molecule has 0 saturated heterocycles. The lowest BCUT2D eigenvalue weighted by Gasteiger charge is -2.22. The summed E-state index contributed by atoms with van der Waals surface area (Å²) in [4.78, 5) is 2.29. The van der Waals surface area contributed by atoms with E-state index in [0.29, 0.717) is 5.15 Å². The first-order chi connectivity index (χ1) is 7.77. The molecular formula is C12H20ClN3. The summed E-state index contributed by atoms with van der Waals surface area (Å²) in [5, 5.41) is 8.47. The third-order valence-electron chi connectivity index (χ3n) is 2.51. The summed E-state index contributed by atoms with van der Waals surface area (Å²) in [5.41, 5.74) is 0. The Morgan fingerprint density at radius 1 is 1.06 bits per heavy atom. The van der Waals surface area contributed by atoms with Gasteiger partial charge in [0.1, 0.15) is 0 Å². The Morgan fingerprint density at radius 2 is 1.69 bits per heavy atom. The monoisotopic (exact) mass is 241 g/mol. The molecule has 1 heterocycles. The zero-order valence-electron chi connectivity index (χ0n) is 10.1. The van der Waals surface area contributed by atoms with Crippen molar-refractivity contribution in [1.82, 2.24) is 10.2 Å². The summed E-state index contributed by atoms with van der Waals surface area (Å²) in [6, 6.07) is 3.75. The van der Waals surface area contributed by atoms with Crippen molar-refractivity contribution in [1.29, 1.82) is 0 Å². The van der Waals surface area contributed by atoms with Crippen LogP contribution >= 0.6 is 11.6 Å². The van der Waals surface area contributed by atoms with Crippen LogP contribution in [0.25, 0.3) is 0 Å². The minimum absolute atomic E-state index is 0.453. The molecule has 4 heteroatoms. The van der Waals surface area contributed by atoms with Crippen molar-refractivity contribution in [2.75, 3.05) is 18.0 Å². The smallest absolute Gasteiger partial charge is 0.151 e. The van der Waals surface area contributed by atoms with Crippen molar-refractivity contribution >= 4 is 17.4 Å². The minimum Gasteiger partial charge on any atom is -0.355 e. The number of halogens is 1. The molecule has 0 amide bonds. The number of hydrogen-bond acceptors (Lipinski definition) is 3. The van der Waals surface area contributed by atoms with Gasteiger partial charge < -0.3 is 4.90 Å². The van der Waals surface area contributed by atoms with Gasteiger partial charge in [-0.25, -0.2) is 0 Å². The van der Waals surface area contributed by atoms with Crippen molar-refractivity contribution in [3.63, 3.8) is 0 Å². The van der Waals surface area contributed by atoms with Crippen LogP contribution in [0.1, 0.15) is 39.5 Å². The molecule has 0 aromatic carbocycles. The fourth-order valence-corrected chi connectivity index (χ4v) is 1.62. The highest BCUT2D eigenvalue weighted by Gasteiger charge is 2.07. The summed E-state index contributed by atoms with van der Waals surface area (Å²) < 4.78 is 0. The number of unbranched alkanes of at least 4 members (excludes halogenated alkanes) is 2. The fraction of sp³-hybridized carbons (Fsp3) is 0.667. The van der Waals surface area contributed by atoms with E-state index in [-0.39, 0.29) is 0 Å². The van der Waals surface area contributed by atoms with Gasteiger partial charge in [0.25, 0.3) is 0 Å². The van der Waals surface area contributed by atoms with Gasteiger partial charge in [-0.15, -0.1) is 10.2 Å². The molecule has 3 nitrogen and oxygen atoms in total. The van der Waals surface area contributed by atoms with Gasteiger partial charge in [-0.3, -0.25) is 0 Å². The molecule has 0 bridgehead atoms. The Morgan fingerprint density at radius 3 is 2.12 bits per heavy atom. The molecular weight excluding hydrogens is 222 g/mol. The third-order valence-corrected chi connectivity index (χ3v) is 2.71. The lowest BCUT2D eigenvalue weighted by atomic mass is 10.2. The zero-order chi connectivity index (χ0) is 11.8. The molecule has 0 fully saturated rings. The maximum atomic E-state index is 5.73. The van der Waals surface area contributed by atoms with E-state index in [4.69, 9.17) is 11.6 Å². The molecule has 0 unspecified atom stereocenters. The summed E-state index contributed by atoms with van der Waals surface area (Å²) >= 11 is 5.73. The minimum atomic E-state index is 0.453. The van der Waals surface area contributed by atoms with Gasteiger partial charge in [0.05, 0.1) is 0 Å². The predicted octanol–water partition coefficient (Wildman–Crippen LogP) is 3.54. The van der Waals surface area contributed by atoms with Gasteiger partial charge in [0.2, 0.25) is 0 Å². The second-order valence-corrected chi connectivity index (χ2v) is 4.30. The van der Waals surface area contributed by atoms with Crippen LogP contribution in [0, 0.1) is 0 Å². The van der Waals surface area contributed by atoms with Gasteiger partial charge in [-0.1, -0.05) is 38.3 Å². The molecule has 1 aromatic heterocycles. The fourth-order valence-electron chi connectivity index (χ4n) is 1.52. The summed E-state index contributed by atoms with van der Waals surface area (Å²) in [5.74, 6) is 0.936. The highest BCUT2D eigenvalue weighted by atomic mass is 35.5. The first-order valence-electron chi connectivity index (χ1n) is 6.02. The quantitative estimate of drug-likeness (QED) is 0.731. The largest absolute Gasteiger partial charge is 0.355 e. The van der Waals surface area contributed by atoms with Crippen LogP contribution in [-0.4, -0.2) is 23.3 Å². The van der Waals surface area contributed by atoms with Crippen molar-refractivity contribution in [2.24, 2.45) is 0 Å².